The van der Waals surface area contributed by atoms with Gasteiger partial charge in [0.1, 0.15) is 23.9 Å². The minimum atomic E-state index is 0. The molecule has 3 N–H and O–H groups in total. The van der Waals surface area contributed by atoms with Crippen molar-refractivity contribution in [3.8, 4) is 17.2 Å². The highest BCUT2D eigenvalue weighted by Gasteiger charge is 2.06. The molecule has 2 aromatic carbocycles. The molecule has 7 heteroatoms. The molecule has 0 fully saturated rings. The molecule has 0 aliphatic rings. The molecule has 0 saturated carbocycles. The van der Waals surface area contributed by atoms with Crippen LogP contribution in [-0.4, -0.2) is 33.3 Å². The van der Waals surface area contributed by atoms with Crippen molar-refractivity contribution < 1.29 is 14.2 Å². The molecule has 0 amide bonds. The van der Waals surface area contributed by atoms with Crippen LogP contribution in [0, 0.1) is 13.8 Å². The zero-order valence-electron chi connectivity index (χ0n) is 15.5. The molecule has 0 atom stereocenters. The minimum Gasteiger partial charge on any atom is -0.497 e. The largest absolute Gasteiger partial charge is 0.497 e. The van der Waals surface area contributed by atoms with Gasteiger partial charge in [-0.25, -0.2) is 4.99 Å². The third-order valence-electron chi connectivity index (χ3n) is 3.51. The van der Waals surface area contributed by atoms with Crippen molar-refractivity contribution in [1.82, 2.24) is 0 Å². The van der Waals surface area contributed by atoms with E-state index in [1.807, 2.05) is 32.0 Å². The first-order valence-corrected chi connectivity index (χ1v) is 8.02. The lowest BCUT2D eigenvalue weighted by molar-refractivity contribution is 0.328. The highest BCUT2D eigenvalue weighted by Crippen LogP contribution is 2.28. The first kappa shape index (κ1) is 21.9. The predicted molar refractivity (Wildman–Crippen MR) is 116 cm³/mol. The minimum absolute atomic E-state index is 0. The van der Waals surface area contributed by atoms with Crippen molar-refractivity contribution in [3.05, 3.63) is 47.5 Å². The van der Waals surface area contributed by atoms with Gasteiger partial charge in [-0.05, 0) is 49.2 Å². The number of hydrogen-bond acceptors (Lipinski definition) is 4. The zero-order chi connectivity index (χ0) is 18.2. The number of aliphatic imine (C=N–C) groups is 1. The third kappa shape index (κ3) is 6.62. The number of guanidine groups is 1. The van der Waals surface area contributed by atoms with Gasteiger partial charge in [-0.15, -0.1) is 24.0 Å². The maximum atomic E-state index is 5.94. The second-order valence-corrected chi connectivity index (χ2v) is 5.63. The fourth-order valence-corrected chi connectivity index (χ4v) is 2.44. The Labute approximate surface area is 171 Å². The van der Waals surface area contributed by atoms with Gasteiger partial charge in [0.05, 0.1) is 26.5 Å². The van der Waals surface area contributed by atoms with Gasteiger partial charge in [-0.3, -0.25) is 0 Å². The van der Waals surface area contributed by atoms with Gasteiger partial charge in [-0.2, -0.15) is 0 Å². The summed E-state index contributed by atoms with van der Waals surface area (Å²) in [6.07, 6.45) is 0. The number of nitrogens with two attached hydrogens (primary N) is 1. The van der Waals surface area contributed by atoms with E-state index in [4.69, 9.17) is 19.9 Å². The Morgan fingerprint density at radius 1 is 1.00 bits per heavy atom. The SMILES string of the molecule is COc1ccc(OC)c(NC(N)=NCCOc2cc(C)cc(C)c2)c1.I. The first-order valence-electron chi connectivity index (χ1n) is 8.02. The number of rotatable bonds is 7. The van der Waals surface area contributed by atoms with E-state index >= 15 is 0 Å². The highest BCUT2D eigenvalue weighted by molar-refractivity contribution is 14.0. The van der Waals surface area contributed by atoms with Gasteiger partial charge in [-0.1, -0.05) is 6.07 Å². The number of halogens is 1. The van der Waals surface area contributed by atoms with Crippen LogP contribution in [0.15, 0.2) is 41.4 Å². The molecular formula is C19H26IN3O3. The van der Waals surface area contributed by atoms with E-state index in [0.717, 1.165) is 5.75 Å². The number of nitrogens with one attached hydrogen (secondary N) is 1. The summed E-state index contributed by atoms with van der Waals surface area (Å²) in [5, 5.41) is 3.02. The molecular weight excluding hydrogens is 445 g/mol. The summed E-state index contributed by atoms with van der Waals surface area (Å²) in [7, 11) is 3.20. The Balaban J connectivity index is 0.00000338. The van der Waals surface area contributed by atoms with Gasteiger partial charge in [0.25, 0.3) is 0 Å². The molecule has 0 aliphatic heterocycles. The number of anilines is 1. The lowest BCUT2D eigenvalue weighted by Gasteiger charge is -2.12. The Hall–Kier alpha value is -2.16. The van der Waals surface area contributed by atoms with Crippen molar-refractivity contribution in [3.63, 3.8) is 0 Å². The molecule has 0 aliphatic carbocycles. The summed E-state index contributed by atoms with van der Waals surface area (Å²) in [6.45, 7) is 4.97. The van der Waals surface area contributed by atoms with Crippen molar-refractivity contribution in [1.29, 1.82) is 0 Å². The summed E-state index contributed by atoms with van der Waals surface area (Å²) in [4.78, 5) is 4.27. The fraction of sp³-hybridized carbons (Fsp3) is 0.316. The average Bonchev–Trinajstić information content (AvgIpc) is 2.58. The summed E-state index contributed by atoms with van der Waals surface area (Å²) in [5.41, 5.74) is 8.97. The lowest BCUT2D eigenvalue weighted by Crippen LogP contribution is -2.24. The molecule has 0 heterocycles. The van der Waals surface area contributed by atoms with E-state index in [-0.39, 0.29) is 29.9 Å². The van der Waals surface area contributed by atoms with Crippen LogP contribution < -0.4 is 25.3 Å². The van der Waals surface area contributed by atoms with Crippen LogP contribution in [0.25, 0.3) is 0 Å². The highest BCUT2D eigenvalue weighted by atomic mass is 127. The second kappa shape index (κ2) is 10.7. The van der Waals surface area contributed by atoms with Crippen LogP contribution in [0.1, 0.15) is 11.1 Å². The van der Waals surface area contributed by atoms with Gasteiger partial charge in [0.15, 0.2) is 5.96 Å². The average molecular weight is 471 g/mol. The number of ether oxygens (including phenoxy) is 3. The standard InChI is InChI=1S/C19H25N3O3.HI/c1-13-9-14(2)11-16(10-13)25-8-7-21-19(20)22-17-12-15(23-3)5-6-18(17)24-4;/h5-6,9-12H,7-8H2,1-4H3,(H3,20,21,22);1H. The number of nitrogens with zero attached hydrogens (tertiary/aromatic N) is 1. The van der Waals surface area contributed by atoms with E-state index in [2.05, 4.69) is 16.4 Å². The molecule has 142 valence electrons. The first-order chi connectivity index (χ1) is 12.0. The van der Waals surface area contributed by atoms with Crippen LogP contribution in [0.2, 0.25) is 0 Å². The molecule has 2 aromatic rings. The maximum Gasteiger partial charge on any atom is 0.193 e. The van der Waals surface area contributed by atoms with Crippen LogP contribution in [-0.2, 0) is 0 Å². The van der Waals surface area contributed by atoms with Crippen molar-refractivity contribution >= 4 is 35.6 Å². The van der Waals surface area contributed by atoms with E-state index < -0.39 is 0 Å². The van der Waals surface area contributed by atoms with E-state index in [1.165, 1.54) is 11.1 Å². The smallest absolute Gasteiger partial charge is 0.193 e. The molecule has 0 radical (unpaired) electrons. The molecule has 0 spiro atoms. The number of hydrogen-bond donors (Lipinski definition) is 2. The van der Waals surface area contributed by atoms with Crippen LogP contribution in [0.4, 0.5) is 5.69 Å². The summed E-state index contributed by atoms with van der Waals surface area (Å²) in [5.74, 6) is 2.49. The molecule has 26 heavy (non-hydrogen) atoms. The fourth-order valence-electron chi connectivity index (χ4n) is 2.44. The summed E-state index contributed by atoms with van der Waals surface area (Å²) in [6, 6.07) is 11.5. The van der Waals surface area contributed by atoms with Gasteiger partial charge < -0.3 is 25.3 Å². The normalized spacial score (nSPS) is 10.7. The van der Waals surface area contributed by atoms with E-state index in [0.29, 0.717) is 30.3 Å². The van der Waals surface area contributed by atoms with Crippen molar-refractivity contribution in [2.24, 2.45) is 10.7 Å². The Kier molecular flexibility index (Phi) is 9.04. The quantitative estimate of drug-likeness (QED) is 0.279. The number of benzene rings is 2. The summed E-state index contributed by atoms with van der Waals surface area (Å²) >= 11 is 0. The maximum absolute atomic E-state index is 5.94. The predicted octanol–water partition coefficient (Wildman–Crippen LogP) is 3.74. The number of aryl methyl sites for hydroxylation is 2. The van der Waals surface area contributed by atoms with Gasteiger partial charge in [0.2, 0.25) is 0 Å². The topological polar surface area (TPSA) is 78.1 Å². The molecule has 0 saturated heterocycles. The summed E-state index contributed by atoms with van der Waals surface area (Å²) < 4.78 is 16.2. The van der Waals surface area contributed by atoms with Gasteiger partial charge in [0, 0.05) is 6.07 Å². The van der Waals surface area contributed by atoms with Crippen molar-refractivity contribution in [2.45, 2.75) is 13.8 Å². The van der Waals surface area contributed by atoms with E-state index in [1.54, 1.807) is 26.4 Å². The van der Waals surface area contributed by atoms with Crippen LogP contribution in [0.5, 0.6) is 17.2 Å². The zero-order valence-corrected chi connectivity index (χ0v) is 17.9. The molecule has 0 bridgehead atoms. The molecule has 0 unspecified atom stereocenters. The van der Waals surface area contributed by atoms with Crippen LogP contribution >= 0.6 is 24.0 Å². The monoisotopic (exact) mass is 471 g/mol. The second-order valence-electron chi connectivity index (χ2n) is 5.63. The van der Waals surface area contributed by atoms with E-state index in [9.17, 15) is 0 Å². The lowest BCUT2D eigenvalue weighted by atomic mass is 10.1. The molecule has 6 nitrogen and oxygen atoms in total. The van der Waals surface area contributed by atoms with Crippen molar-refractivity contribution in [2.75, 3.05) is 32.7 Å². The van der Waals surface area contributed by atoms with Gasteiger partial charge >= 0.3 is 0 Å². The molecule has 2 rings (SSSR count). The Morgan fingerprint density at radius 3 is 2.31 bits per heavy atom. The Morgan fingerprint density at radius 2 is 1.69 bits per heavy atom. The molecule has 0 aromatic heterocycles. The number of methoxy groups -OCH3 is 2. The third-order valence-corrected chi connectivity index (χ3v) is 3.51. The Bertz CT molecular complexity index is 731. The van der Waals surface area contributed by atoms with Crippen LogP contribution in [0.3, 0.4) is 0 Å².